The van der Waals surface area contributed by atoms with E-state index < -0.39 is 12.0 Å². The summed E-state index contributed by atoms with van der Waals surface area (Å²) in [6.45, 7) is 1.27. The second-order valence-electron chi connectivity index (χ2n) is 9.35. The minimum absolute atomic E-state index is 0.0602. The highest BCUT2D eigenvalue weighted by molar-refractivity contribution is 5.85. The maximum absolute atomic E-state index is 13.0. The summed E-state index contributed by atoms with van der Waals surface area (Å²) in [5.74, 6) is 0.871. The van der Waals surface area contributed by atoms with Crippen molar-refractivity contribution in [3.8, 4) is 0 Å². The van der Waals surface area contributed by atoms with Crippen molar-refractivity contribution in [1.29, 1.82) is 0 Å². The first kappa shape index (κ1) is 20.0. The molecular weight excluding hydrogens is 376 g/mol. The molecule has 0 radical (unpaired) electrons. The van der Waals surface area contributed by atoms with E-state index in [2.05, 4.69) is 36.4 Å². The first-order valence-corrected chi connectivity index (χ1v) is 11.6. The number of rotatable bonds is 5. The van der Waals surface area contributed by atoms with E-state index in [0.717, 1.165) is 44.3 Å². The highest BCUT2D eigenvalue weighted by Gasteiger charge is 2.42. The van der Waals surface area contributed by atoms with Crippen LogP contribution in [0.1, 0.15) is 62.0 Å². The van der Waals surface area contributed by atoms with E-state index >= 15 is 0 Å². The van der Waals surface area contributed by atoms with E-state index in [1.165, 1.54) is 24.0 Å². The van der Waals surface area contributed by atoms with Crippen LogP contribution in [0.25, 0.3) is 0 Å². The standard InChI is InChI=1S/C26H32O4/c27-23-10-4-2-7-19(15-21-8-5-13-29-21)26-24(23)25(28)20(16-30-26)14-18-6-1-3-9-22(18)17-11-12-17/h1-3,6-7,9,17,20-21,24-25,28H,4-5,8,10-16H2. The van der Waals surface area contributed by atoms with Crippen LogP contribution in [0.5, 0.6) is 0 Å². The van der Waals surface area contributed by atoms with Gasteiger partial charge in [-0.15, -0.1) is 0 Å². The maximum atomic E-state index is 13.0. The summed E-state index contributed by atoms with van der Waals surface area (Å²) in [6, 6.07) is 8.58. The van der Waals surface area contributed by atoms with Crippen LogP contribution in [-0.4, -0.2) is 36.3 Å². The second kappa shape index (κ2) is 8.68. The molecule has 4 aliphatic rings. The molecule has 0 amide bonds. The summed E-state index contributed by atoms with van der Waals surface area (Å²) in [5, 5.41) is 11.3. The van der Waals surface area contributed by atoms with Gasteiger partial charge >= 0.3 is 0 Å². The minimum Gasteiger partial charge on any atom is -0.496 e. The molecule has 30 heavy (non-hydrogen) atoms. The molecule has 160 valence electrons. The summed E-state index contributed by atoms with van der Waals surface area (Å²) in [5.41, 5.74) is 3.76. The molecule has 0 bridgehead atoms. The van der Waals surface area contributed by atoms with Gasteiger partial charge in [-0.1, -0.05) is 36.4 Å². The molecule has 0 spiro atoms. The average Bonchev–Trinajstić information content (AvgIpc) is 3.46. The van der Waals surface area contributed by atoms with Gasteiger partial charge in [0.25, 0.3) is 0 Å². The van der Waals surface area contributed by atoms with Crippen molar-refractivity contribution in [3.05, 3.63) is 58.9 Å². The SMILES string of the molecule is O=C1CCC=CC(CC2CCCO2)=C2OCC(Cc3ccccc3C3CC3)C(O)C12. The highest BCUT2D eigenvalue weighted by Crippen LogP contribution is 2.43. The smallest absolute Gasteiger partial charge is 0.146 e. The molecule has 5 rings (SSSR count). The second-order valence-corrected chi connectivity index (χ2v) is 9.35. The van der Waals surface area contributed by atoms with Crippen LogP contribution >= 0.6 is 0 Å². The molecule has 2 saturated heterocycles. The van der Waals surface area contributed by atoms with Crippen molar-refractivity contribution in [2.24, 2.45) is 11.8 Å². The molecule has 4 heteroatoms. The Balaban J connectivity index is 1.40. The predicted molar refractivity (Wildman–Crippen MR) is 115 cm³/mol. The van der Waals surface area contributed by atoms with Crippen molar-refractivity contribution >= 4 is 5.78 Å². The Hall–Kier alpha value is -1.91. The molecule has 1 aromatic carbocycles. The first-order valence-electron chi connectivity index (χ1n) is 11.6. The number of allylic oxidation sites excluding steroid dienone is 2. The number of benzene rings is 1. The topological polar surface area (TPSA) is 55.8 Å². The number of carbonyl (C=O) groups excluding carboxylic acids is 1. The normalized spacial score (nSPS) is 31.8. The van der Waals surface area contributed by atoms with E-state index in [1.807, 2.05) is 0 Å². The molecule has 4 atom stereocenters. The molecule has 1 N–H and O–H groups in total. The predicted octanol–water partition coefficient (Wildman–Crippen LogP) is 4.47. The van der Waals surface area contributed by atoms with Gasteiger partial charge < -0.3 is 14.6 Å². The zero-order valence-corrected chi connectivity index (χ0v) is 17.6. The number of aliphatic hydroxyl groups is 1. The van der Waals surface area contributed by atoms with Gasteiger partial charge in [0.2, 0.25) is 0 Å². The number of carbonyl (C=O) groups is 1. The van der Waals surface area contributed by atoms with E-state index in [-0.39, 0.29) is 17.8 Å². The van der Waals surface area contributed by atoms with Crippen LogP contribution in [-0.2, 0) is 20.7 Å². The van der Waals surface area contributed by atoms with Gasteiger partial charge in [-0.2, -0.15) is 0 Å². The van der Waals surface area contributed by atoms with E-state index in [1.54, 1.807) is 0 Å². The van der Waals surface area contributed by atoms with Crippen molar-refractivity contribution in [3.63, 3.8) is 0 Å². The Morgan fingerprint density at radius 2 is 1.97 bits per heavy atom. The van der Waals surface area contributed by atoms with E-state index in [9.17, 15) is 9.90 Å². The lowest BCUT2D eigenvalue weighted by Crippen LogP contribution is -2.44. The average molecular weight is 409 g/mol. The molecule has 3 fully saturated rings. The number of Topliss-reactive ketones (excluding diaryl/α,β-unsaturated/α-hetero) is 1. The third kappa shape index (κ3) is 4.13. The van der Waals surface area contributed by atoms with Crippen LogP contribution in [0.4, 0.5) is 0 Å². The quantitative estimate of drug-likeness (QED) is 0.781. The van der Waals surface area contributed by atoms with Gasteiger partial charge in [-0.3, -0.25) is 4.79 Å². The number of hydrogen-bond donors (Lipinski definition) is 1. The molecule has 0 aromatic heterocycles. The van der Waals surface area contributed by atoms with Crippen LogP contribution in [0.3, 0.4) is 0 Å². The zero-order valence-electron chi connectivity index (χ0n) is 17.6. The van der Waals surface area contributed by atoms with E-state index in [0.29, 0.717) is 24.7 Å². The first-order chi connectivity index (χ1) is 14.7. The Morgan fingerprint density at radius 1 is 1.10 bits per heavy atom. The zero-order chi connectivity index (χ0) is 20.5. The van der Waals surface area contributed by atoms with Gasteiger partial charge in [0.15, 0.2) is 0 Å². The largest absolute Gasteiger partial charge is 0.496 e. The number of ether oxygens (including phenoxy) is 2. The van der Waals surface area contributed by atoms with Crippen LogP contribution in [0.2, 0.25) is 0 Å². The van der Waals surface area contributed by atoms with Crippen LogP contribution in [0.15, 0.2) is 47.7 Å². The molecule has 4 nitrogen and oxygen atoms in total. The van der Waals surface area contributed by atoms with Crippen LogP contribution in [0, 0.1) is 11.8 Å². The number of ketones is 1. The Bertz CT molecular complexity index is 844. The highest BCUT2D eigenvalue weighted by atomic mass is 16.5. The number of aliphatic hydroxyl groups excluding tert-OH is 1. The molecule has 1 aromatic rings. The Labute approximate surface area is 179 Å². The molecular formula is C26H32O4. The molecule has 1 saturated carbocycles. The molecule has 2 aliphatic carbocycles. The summed E-state index contributed by atoms with van der Waals surface area (Å²) in [7, 11) is 0. The molecule has 2 heterocycles. The molecule has 2 aliphatic heterocycles. The minimum atomic E-state index is -0.695. The number of fused-ring (bicyclic) bond motifs is 1. The fourth-order valence-electron chi connectivity index (χ4n) is 5.32. The van der Waals surface area contributed by atoms with Crippen molar-refractivity contribution in [1.82, 2.24) is 0 Å². The fourth-order valence-corrected chi connectivity index (χ4v) is 5.32. The number of hydrogen-bond acceptors (Lipinski definition) is 4. The van der Waals surface area contributed by atoms with Gasteiger partial charge in [0.1, 0.15) is 17.5 Å². The third-order valence-electron chi connectivity index (χ3n) is 7.13. The summed E-state index contributed by atoms with van der Waals surface area (Å²) in [4.78, 5) is 13.0. The van der Waals surface area contributed by atoms with Gasteiger partial charge in [-0.25, -0.2) is 0 Å². The summed E-state index contributed by atoms with van der Waals surface area (Å²) >= 11 is 0. The third-order valence-corrected chi connectivity index (χ3v) is 7.13. The lowest BCUT2D eigenvalue weighted by Gasteiger charge is -2.38. The van der Waals surface area contributed by atoms with Crippen LogP contribution < -0.4 is 0 Å². The summed E-state index contributed by atoms with van der Waals surface area (Å²) in [6.07, 6.45) is 11.0. The summed E-state index contributed by atoms with van der Waals surface area (Å²) < 4.78 is 12.1. The fraction of sp³-hybridized carbons (Fsp3) is 0.577. The van der Waals surface area contributed by atoms with Gasteiger partial charge in [-0.05, 0) is 61.1 Å². The van der Waals surface area contributed by atoms with Crippen molar-refractivity contribution < 1.29 is 19.4 Å². The maximum Gasteiger partial charge on any atom is 0.146 e. The lowest BCUT2D eigenvalue weighted by atomic mass is 9.77. The monoisotopic (exact) mass is 408 g/mol. The van der Waals surface area contributed by atoms with Crippen molar-refractivity contribution in [2.75, 3.05) is 13.2 Å². The van der Waals surface area contributed by atoms with Gasteiger partial charge in [0.05, 0.1) is 18.8 Å². The lowest BCUT2D eigenvalue weighted by molar-refractivity contribution is -0.132. The Kier molecular flexibility index (Phi) is 5.79. The van der Waals surface area contributed by atoms with E-state index in [4.69, 9.17) is 9.47 Å². The Morgan fingerprint density at radius 3 is 2.77 bits per heavy atom. The van der Waals surface area contributed by atoms with Gasteiger partial charge in [0, 0.05) is 25.4 Å². The molecule has 4 unspecified atom stereocenters. The van der Waals surface area contributed by atoms with Crippen molar-refractivity contribution in [2.45, 2.75) is 69.5 Å².